The number of thiophene rings is 1. The smallest absolute Gasteiger partial charge is 0.0213 e. The second-order valence-electron chi connectivity index (χ2n) is 3.65. The number of nitrogens with one attached hydrogen (secondary N) is 1. The molecule has 0 amide bonds. The quantitative estimate of drug-likeness (QED) is 0.807. The number of hydrogen-bond acceptors (Lipinski definition) is 2. The van der Waals surface area contributed by atoms with E-state index in [0.29, 0.717) is 0 Å². The van der Waals surface area contributed by atoms with Crippen LogP contribution in [0.15, 0.2) is 45.6 Å². The first-order valence-electron chi connectivity index (χ1n) is 5.31. The molecule has 0 unspecified atom stereocenters. The summed E-state index contributed by atoms with van der Waals surface area (Å²) in [7, 11) is 0. The minimum atomic E-state index is 0. The Morgan fingerprint density at radius 3 is 2.71 bits per heavy atom. The van der Waals surface area contributed by atoms with E-state index in [1.54, 1.807) is 11.3 Å². The van der Waals surface area contributed by atoms with Gasteiger partial charge in [0.15, 0.2) is 0 Å². The summed E-state index contributed by atoms with van der Waals surface area (Å²) in [6, 6.07) is 10.5. The molecule has 0 saturated carbocycles. The topological polar surface area (TPSA) is 12.0 Å². The zero-order valence-corrected chi connectivity index (χ0v) is 12.6. The van der Waals surface area contributed by atoms with Crippen molar-refractivity contribution in [2.45, 2.75) is 13.0 Å². The van der Waals surface area contributed by atoms with Crippen LogP contribution >= 0.6 is 39.7 Å². The summed E-state index contributed by atoms with van der Waals surface area (Å²) >= 11 is 5.31. The lowest BCUT2D eigenvalue weighted by Crippen LogP contribution is -2.16. The summed E-state index contributed by atoms with van der Waals surface area (Å²) < 4.78 is 1.20. The van der Waals surface area contributed by atoms with Crippen LogP contribution in [0.1, 0.15) is 11.1 Å². The number of halogens is 2. The Morgan fingerprint density at radius 2 is 2.00 bits per heavy atom. The zero-order valence-electron chi connectivity index (χ0n) is 9.36. The minimum absolute atomic E-state index is 0. The third-order valence-electron chi connectivity index (χ3n) is 2.44. The molecule has 1 aromatic heterocycles. The normalized spacial score (nSPS) is 9.94. The second-order valence-corrected chi connectivity index (χ2v) is 5.28. The molecule has 0 atom stereocenters. The molecule has 1 nitrogen and oxygen atoms in total. The molecule has 0 aliphatic heterocycles. The van der Waals surface area contributed by atoms with Crippen molar-refractivity contribution in [1.82, 2.24) is 5.32 Å². The molecule has 1 heterocycles. The second kappa shape index (κ2) is 7.88. The fourth-order valence-corrected chi connectivity index (χ4v) is 2.70. The van der Waals surface area contributed by atoms with Gasteiger partial charge in [0, 0.05) is 11.0 Å². The summed E-state index contributed by atoms with van der Waals surface area (Å²) in [5.41, 5.74) is 2.73. The van der Waals surface area contributed by atoms with Gasteiger partial charge in [-0.15, -0.1) is 12.4 Å². The molecule has 1 aromatic carbocycles. The van der Waals surface area contributed by atoms with Crippen molar-refractivity contribution in [3.63, 3.8) is 0 Å². The number of benzene rings is 1. The van der Waals surface area contributed by atoms with E-state index in [2.05, 4.69) is 56.3 Å². The molecule has 1 N–H and O–H groups in total. The molecule has 92 valence electrons. The van der Waals surface area contributed by atoms with Crippen molar-refractivity contribution in [2.75, 3.05) is 6.54 Å². The van der Waals surface area contributed by atoms with Crippen LogP contribution in [0.2, 0.25) is 0 Å². The zero-order chi connectivity index (χ0) is 11.2. The Bertz CT molecular complexity index is 431. The van der Waals surface area contributed by atoms with Gasteiger partial charge in [-0.05, 0) is 47.0 Å². The first kappa shape index (κ1) is 14.7. The molecule has 0 radical (unpaired) electrons. The van der Waals surface area contributed by atoms with E-state index >= 15 is 0 Å². The van der Waals surface area contributed by atoms with E-state index < -0.39 is 0 Å². The third kappa shape index (κ3) is 4.80. The summed E-state index contributed by atoms with van der Waals surface area (Å²) in [6.45, 7) is 1.98. The summed E-state index contributed by atoms with van der Waals surface area (Å²) in [6.07, 6.45) is 1.06. The van der Waals surface area contributed by atoms with E-state index in [-0.39, 0.29) is 12.4 Å². The van der Waals surface area contributed by atoms with Gasteiger partial charge >= 0.3 is 0 Å². The minimum Gasteiger partial charge on any atom is -0.312 e. The van der Waals surface area contributed by atoms with Gasteiger partial charge in [-0.25, -0.2) is 0 Å². The van der Waals surface area contributed by atoms with Gasteiger partial charge < -0.3 is 5.32 Å². The molecule has 0 aliphatic carbocycles. The molecule has 4 heteroatoms. The fourth-order valence-electron chi connectivity index (χ4n) is 1.55. The predicted octanol–water partition coefficient (Wildman–Crippen LogP) is 4.26. The average Bonchev–Trinajstić information content (AvgIpc) is 2.79. The van der Waals surface area contributed by atoms with Gasteiger partial charge in [-0.3, -0.25) is 0 Å². The van der Waals surface area contributed by atoms with Gasteiger partial charge in [0.1, 0.15) is 0 Å². The SMILES string of the molecule is Brc1ccccc1CCNCc1ccsc1.Cl. The Morgan fingerprint density at radius 1 is 1.18 bits per heavy atom. The van der Waals surface area contributed by atoms with Crippen LogP contribution in [-0.4, -0.2) is 6.54 Å². The monoisotopic (exact) mass is 331 g/mol. The molecular formula is C13H15BrClNS. The lowest BCUT2D eigenvalue weighted by molar-refractivity contribution is 0.687. The molecular weight excluding hydrogens is 318 g/mol. The van der Waals surface area contributed by atoms with E-state index in [1.165, 1.54) is 15.6 Å². The van der Waals surface area contributed by atoms with E-state index in [0.717, 1.165) is 19.5 Å². The van der Waals surface area contributed by atoms with Crippen LogP contribution in [0.25, 0.3) is 0 Å². The van der Waals surface area contributed by atoms with Crippen LogP contribution in [0.4, 0.5) is 0 Å². The summed E-state index contributed by atoms with van der Waals surface area (Å²) in [5, 5.41) is 7.75. The van der Waals surface area contributed by atoms with Crippen molar-refractivity contribution >= 4 is 39.7 Å². The highest BCUT2D eigenvalue weighted by atomic mass is 79.9. The van der Waals surface area contributed by atoms with Gasteiger partial charge in [-0.2, -0.15) is 11.3 Å². The van der Waals surface area contributed by atoms with Crippen molar-refractivity contribution < 1.29 is 0 Å². The lowest BCUT2D eigenvalue weighted by Gasteiger charge is -2.05. The van der Waals surface area contributed by atoms with Crippen LogP contribution in [0.5, 0.6) is 0 Å². The fraction of sp³-hybridized carbons (Fsp3) is 0.231. The molecule has 2 rings (SSSR count). The third-order valence-corrected chi connectivity index (χ3v) is 3.94. The highest BCUT2D eigenvalue weighted by Gasteiger charge is 1.98. The Hall–Kier alpha value is -0.350. The van der Waals surface area contributed by atoms with Gasteiger partial charge in [0.2, 0.25) is 0 Å². The van der Waals surface area contributed by atoms with Crippen molar-refractivity contribution in [3.8, 4) is 0 Å². The standard InChI is InChI=1S/C13H14BrNS.ClH/c14-13-4-2-1-3-12(13)5-7-15-9-11-6-8-16-10-11;/h1-4,6,8,10,15H,5,7,9H2;1H. The molecule has 0 spiro atoms. The van der Waals surface area contributed by atoms with Crippen molar-refractivity contribution in [3.05, 3.63) is 56.7 Å². The molecule has 0 aliphatic rings. The molecule has 17 heavy (non-hydrogen) atoms. The molecule has 0 saturated heterocycles. The van der Waals surface area contributed by atoms with E-state index in [4.69, 9.17) is 0 Å². The van der Waals surface area contributed by atoms with Gasteiger partial charge in [0.05, 0.1) is 0 Å². The van der Waals surface area contributed by atoms with E-state index in [1.807, 2.05) is 6.07 Å². The maximum Gasteiger partial charge on any atom is 0.0213 e. The number of hydrogen-bond donors (Lipinski definition) is 1. The molecule has 0 bridgehead atoms. The number of rotatable bonds is 5. The highest BCUT2D eigenvalue weighted by molar-refractivity contribution is 9.10. The Labute approximate surface area is 121 Å². The maximum absolute atomic E-state index is 3.56. The molecule has 0 fully saturated rings. The Kier molecular flexibility index (Phi) is 6.82. The largest absolute Gasteiger partial charge is 0.312 e. The van der Waals surface area contributed by atoms with Crippen molar-refractivity contribution in [1.29, 1.82) is 0 Å². The maximum atomic E-state index is 3.56. The van der Waals surface area contributed by atoms with Crippen LogP contribution in [0, 0.1) is 0 Å². The van der Waals surface area contributed by atoms with Gasteiger partial charge in [0.25, 0.3) is 0 Å². The average molecular weight is 333 g/mol. The van der Waals surface area contributed by atoms with Gasteiger partial charge in [-0.1, -0.05) is 34.1 Å². The summed E-state index contributed by atoms with van der Waals surface area (Å²) in [5.74, 6) is 0. The van der Waals surface area contributed by atoms with Crippen LogP contribution in [-0.2, 0) is 13.0 Å². The lowest BCUT2D eigenvalue weighted by atomic mass is 10.1. The highest BCUT2D eigenvalue weighted by Crippen LogP contribution is 2.15. The van der Waals surface area contributed by atoms with E-state index in [9.17, 15) is 0 Å². The van der Waals surface area contributed by atoms with Crippen molar-refractivity contribution in [2.24, 2.45) is 0 Å². The first-order chi connectivity index (χ1) is 7.86. The molecule has 2 aromatic rings. The van der Waals surface area contributed by atoms with Crippen LogP contribution in [0.3, 0.4) is 0 Å². The first-order valence-corrected chi connectivity index (χ1v) is 7.05. The Balaban J connectivity index is 0.00000144. The summed E-state index contributed by atoms with van der Waals surface area (Å²) in [4.78, 5) is 0. The van der Waals surface area contributed by atoms with Crippen LogP contribution < -0.4 is 5.32 Å². The predicted molar refractivity (Wildman–Crippen MR) is 81.1 cm³/mol.